The predicted molar refractivity (Wildman–Crippen MR) is 93.4 cm³/mol. The summed E-state index contributed by atoms with van der Waals surface area (Å²) in [7, 11) is 0. The van der Waals surface area contributed by atoms with Gasteiger partial charge < -0.3 is 10.6 Å². The van der Waals surface area contributed by atoms with Crippen molar-refractivity contribution >= 4 is 17.5 Å². The highest BCUT2D eigenvalue weighted by molar-refractivity contribution is 6.39. The zero-order valence-electron chi connectivity index (χ0n) is 14.4. The lowest BCUT2D eigenvalue weighted by Crippen LogP contribution is -2.45. The van der Waals surface area contributed by atoms with Gasteiger partial charge in [-0.25, -0.2) is 0 Å². The number of para-hydroxylation sites is 1. The Morgan fingerprint density at radius 1 is 1.04 bits per heavy atom. The van der Waals surface area contributed by atoms with Crippen molar-refractivity contribution < 1.29 is 9.59 Å². The fourth-order valence-electron chi connectivity index (χ4n) is 3.34. The van der Waals surface area contributed by atoms with Crippen molar-refractivity contribution in [1.29, 1.82) is 0 Å². The molecule has 2 N–H and O–H groups in total. The van der Waals surface area contributed by atoms with Crippen molar-refractivity contribution in [2.45, 2.75) is 65.3 Å². The van der Waals surface area contributed by atoms with Crippen LogP contribution in [-0.4, -0.2) is 17.9 Å². The van der Waals surface area contributed by atoms with Gasteiger partial charge in [0.15, 0.2) is 0 Å². The van der Waals surface area contributed by atoms with Gasteiger partial charge in [0.05, 0.1) is 0 Å². The van der Waals surface area contributed by atoms with Gasteiger partial charge in [-0.15, -0.1) is 0 Å². The molecule has 23 heavy (non-hydrogen) atoms. The van der Waals surface area contributed by atoms with Gasteiger partial charge in [0, 0.05) is 11.7 Å². The van der Waals surface area contributed by atoms with Gasteiger partial charge in [-0.05, 0) is 42.7 Å². The van der Waals surface area contributed by atoms with Crippen LogP contribution in [0.3, 0.4) is 0 Å². The second kappa shape index (κ2) is 8.14. The summed E-state index contributed by atoms with van der Waals surface area (Å²) < 4.78 is 0. The molecule has 0 heterocycles. The first kappa shape index (κ1) is 17.5. The number of hydrogen-bond acceptors (Lipinski definition) is 2. The average molecular weight is 316 g/mol. The number of amides is 2. The number of hydrogen-bond donors (Lipinski definition) is 2. The maximum Gasteiger partial charge on any atom is 0.313 e. The lowest BCUT2D eigenvalue weighted by molar-refractivity contribution is -0.137. The number of nitrogens with one attached hydrogen (secondary N) is 2. The van der Waals surface area contributed by atoms with Crippen LogP contribution in [0.15, 0.2) is 18.2 Å². The van der Waals surface area contributed by atoms with Crippen molar-refractivity contribution in [3.63, 3.8) is 0 Å². The SMILES string of the molecule is CCc1cccc(CC)c1NC(=O)C(=O)NC1CCCCC1C. The summed E-state index contributed by atoms with van der Waals surface area (Å²) in [6, 6.07) is 6.11. The molecule has 1 fully saturated rings. The van der Waals surface area contributed by atoms with Gasteiger partial charge in [0.1, 0.15) is 0 Å². The first-order valence-corrected chi connectivity index (χ1v) is 8.79. The molecule has 2 unspecified atom stereocenters. The quantitative estimate of drug-likeness (QED) is 0.836. The summed E-state index contributed by atoms with van der Waals surface area (Å²) in [5.74, 6) is -0.635. The van der Waals surface area contributed by atoms with Crippen molar-refractivity contribution in [3.05, 3.63) is 29.3 Å². The number of rotatable bonds is 4. The molecule has 0 spiro atoms. The summed E-state index contributed by atoms with van der Waals surface area (Å²) in [5.41, 5.74) is 2.93. The first-order valence-electron chi connectivity index (χ1n) is 8.79. The molecule has 1 aromatic carbocycles. The molecule has 2 amide bonds. The Kier molecular flexibility index (Phi) is 6.20. The monoisotopic (exact) mass is 316 g/mol. The summed E-state index contributed by atoms with van der Waals surface area (Å²) in [6.45, 7) is 6.24. The summed E-state index contributed by atoms with van der Waals surface area (Å²) in [6.07, 6.45) is 6.06. The third-order valence-corrected chi connectivity index (χ3v) is 4.87. The van der Waals surface area contributed by atoms with E-state index in [1.807, 2.05) is 32.0 Å². The molecule has 0 bridgehead atoms. The van der Waals surface area contributed by atoms with E-state index in [4.69, 9.17) is 0 Å². The molecule has 126 valence electrons. The summed E-state index contributed by atoms with van der Waals surface area (Å²) in [5, 5.41) is 5.75. The summed E-state index contributed by atoms with van der Waals surface area (Å²) >= 11 is 0. The molecule has 0 saturated heterocycles. The highest BCUT2D eigenvalue weighted by atomic mass is 16.2. The second-order valence-corrected chi connectivity index (χ2v) is 6.45. The van der Waals surface area contributed by atoms with E-state index in [-0.39, 0.29) is 6.04 Å². The number of carbonyl (C=O) groups is 2. The Hall–Kier alpha value is -1.84. The van der Waals surface area contributed by atoms with E-state index in [1.165, 1.54) is 6.42 Å². The maximum atomic E-state index is 12.3. The standard InChI is InChI=1S/C19H28N2O2/c1-4-14-10-8-11-15(5-2)17(14)21-19(23)18(22)20-16-12-7-6-9-13(16)3/h8,10-11,13,16H,4-7,9,12H2,1-3H3,(H,20,22)(H,21,23). The number of aryl methyl sites for hydroxylation is 2. The molecule has 0 aliphatic heterocycles. The van der Waals surface area contributed by atoms with E-state index in [2.05, 4.69) is 17.6 Å². The molecule has 2 atom stereocenters. The van der Waals surface area contributed by atoms with Gasteiger partial charge in [0.2, 0.25) is 0 Å². The lowest BCUT2D eigenvalue weighted by atomic mass is 9.86. The van der Waals surface area contributed by atoms with E-state index in [0.29, 0.717) is 5.92 Å². The molecule has 0 radical (unpaired) electrons. The Bertz CT molecular complexity index is 546. The van der Waals surface area contributed by atoms with Crippen LogP contribution in [0.2, 0.25) is 0 Å². The Morgan fingerprint density at radius 3 is 2.22 bits per heavy atom. The molecule has 4 nitrogen and oxygen atoms in total. The zero-order chi connectivity index (χ0) is 16.8. The number of carbonyl (C=O) groups excluding carboxylic acids is 2. The van der Waals surface area contributed by atoms with E-state index in [1.54, 1.807) is 0 Å². The van der Waals surface area contributed by atoms with Crippen LogP contribution in [-0.2, 0) is 22.4 Å². The zero-order valence-corrected chi connectivity index (χ0v) is 14.4. The fraction of sp³-hybridized carbons (Fsp3) is 0.579. The minimum Gasteiger partial charge on any atom is -0.345 e. The van der Waals surface area contributed by atoms with Gasteiger partial charge >= 0.3 is 11.8 Å². The van der Waals surface area contributed by atoms with Crippen LogP contribution < -0.4 is 10.6 Å². The molecule has 4 heteroatoms. The van der Waals surface area contributed by atoms with Gasteiger partial charge in [-0.3, -0.25) is 9.59 Å². The topological polar surface area (TPSA) is 58.2 Å². The largest absolute Gasteiger partial charge is 0.345 e. The van der Waals surface area contributed by atoms with E-state index >= 15 is 0 Å². The third-order valence-electron chi connectivity index (χ3n) is 4.87. The van der Waals surface area contributed by atoms with E-state index in [0.717, 1.165) is 48.9 Å². The van der Waals surface area contributed by atoms with Crippen molar-refractivity contribution in [1.82, 2.24) is 5.32 Å². The lowest BCUT2D eigenvalue weighted by Gasteiger charge is -2.29. The molecule has 1 aliphatic rings. The van der Waals surface area contributed by atoms with Crippen LogP contribution in [0.25, 0.3) is 0 Å². The predicted octanol–water partition coefficient (Wildman–Crippen LogP) is 3.44. The molecule has 2 rings (SSSR count). The van der Waals surface area contributed by atoms with Crippen LogP contribution in [0.1, 0.15) is 57.6 Å². The molecular weight excluding hydrogens is 288 g/mol. The maximum absolute atomic E-state index is 12.3. The average Bonchev–Trinajstić information content (AvgIpc) is 2.56. The van der Waals surface area contributed by atoms with Crippen molar-refractivity contribution in [2.75, 3.05) is 5.32 Å². The van der Waals surface area contributed by atoms with Crippen LogP contribution in [0, 0.1) is 5.92 Å². The minimum absolute atomic E-state index is 0.120. The van der Waals surface area contributed by atoms with Gasteiger partial charge in [0.25, 0.3) is 0 Å². The highest BCUT2D eigenvalue weighted by Crippen LogP contribution is 2.24. The smallest absolute Gasteiger partial charge is 0.313 e. The Morgan fingerprint density at radius 2 is 1.65 bits per heavy atom. The molecule has 1 aliphatic carbocycles. The second-order valence-electron chi connectivity index (χ2n) is 6.45. The van der Waals surface area contributed by atoms with Gasteiger partial charge in [-0.1, -0.05) is 51.8 Å². The van der Waals surface area contributed by atoms with Gasteiger partial charge in [-0.2, -0.15) is 0 Å². The normalized spacial score (nSPS) is 20.8. The molecule has 1 saturated carbocycles. The van der Waals surface area contributed by atoms with Crippen LogP contribution in [0.4, 0.5) is 5.69 Å². The minimum atomic E-state index is -0.557. The third kappa shape index (κ3) is 4.34. The van der Waals surface area contributed by atoms with E-state index < -0.39 is 11.8 Å². The van der Waals surface area contributed by atoms with Crippen molar-refractivity contribution in [2.24, 2.45) is 5.92 Å². The number of benzene rings is 1. The molecule has 0 aromatic heterocycles. The van der Waals surface area contributed by atoms with Crippen LogP contribution >= 0.6 is 0 Å². The first-order chi connectivity index (χ1) is 11.1. The summed E-state index contributed by atoms with van der Waals surface area (Å²) in [4.78, 5) is 24.5. The highest BCUT2D eigenvalue weighted by Gasteiger charge is 2.26. The Labute approximate surface area is 139 Å². The van der Waals surface area contributed by atoms with E-state index in [9.17, 15) is 9.59 Å². The van der Waals surface area contributed by atoms with Crippen molar-refractivity contribution in [3.8, 4) is 0 Å². The molecular formula is C19H28N2O2. The fourth-order valence-corrected chi connectivity index (χ4v) is 3.34. The number of anilines is 1. The van der Waals surface area contributed by atoms with Crippen LogP contribution in [0.5, 0.6) is 0 Å². The Balaban J connectivity index is 2.05. The molecule has 1 aromatic rings.